The topological polar surface area (TPSA) is 17.1 Å². The lowest BCUT2D eigenvalue weighted by atomic mass is 9.81. The number of hydrogen-bond donors (Lipinski definition) is 0. The molecule has 3 rings (SSSR count). The molecule has 1 nitrogen and oxygen atoms in total. The fraction of sp³-hybridized carbons (Fsp3) is 0.348. The minimum absolute atomic E-state index is 0.238. The van der Waals surface area contributed by atoms with Crippen molar-refractivity contribution in [1.29, 1.82) is 0 Å². The molecule has 1 aliphatic rings. The third-order valence-electron chi connectivity index (χ3n) is 4.09. The summed E-state index contributed by atoms with van der Waals surface area (Å²) in [4.78, 5) is 12.6. The van der Waals surface area contributed by atoms with Crippen LogP contribution in [0.1, 0.15) is 63.8 Å². The molecule has 0 unspecified atom stereocenters. The summed E-state index contributed by atoms with van der Waals surface area (Å²) in [6.45, 7) is 12.2. The van der Waals surface area contributed by atoms with Crippen LogP contribution in [0, 0.1) is 0 Å². The number of ketones is 1. The number of rotatable bonds is 2. The van der Waals surface area contributed by atoms with E-state index in [1.807, 2.05) is 52.0 Å². The molecule has 0 saturated heterocycles. The first-order valence-electron chi connectivity index (χ1n) is 9.13. The zero-order valence-electron chi connectivity index (χ0n) is 15.9. The van der Waals surface area contributed by atoms with Crippen LogP contribution in [0.25, 0.3) is 11.1 Å². The van der Waals surface area contributed by atoms with Gasteiger partial charge in [0.2, 0.25) is 0 Å². The van der Waals surface area contributed by atoms with Crippen LogP contribution in [0.3, 0.4) is 0 Å². The molecule has 2 aromatic rings. The zero-order valence-corrected chi connectivity index (χ0v) is 15.9. The second kappa shape index (κ2) is 9.87. The van der Waals surface area contributed by atoms with E-state index in [1.54, 1.807) is 0 Å². The molecule has 1 heteroatoms. The summed E-state index contributed by atoms with van der Waals surface area (Å²) in [6, 6.07) is 16.5. The largest absolute Gasteiger partial charge is 0.294 e. The van der Waals surface area contributed by atoms with Gasteiger partial charge < -0.3 is 0 Å². The summed E-state index contributed by atoms with van der Waals surface area (Å²) in [5.41, 5.74) is 6.72. The second-order valence-corrected chi connectivity index (χ2v) is 5.27. The highest BCUT2D eigenvalue weighted by Gasteiger charge is 2.24. The number of allylic oxidation sites excluding steroid dienone is 2. The zero-order chi connectivity index (χ0) is 18.1. The number of fused-ring (bicyclic) bond motifs is 1. The van der Waals surface area contributed by atoms with Gasteiger partial charge in [-0.1, -0.05) is 83.1 Å². The van der Waals surface area contributed by atoms with Crippen molar-refractivity contribution in [2.45, 2.75) is 54.4 Å². The molecule has 128 valence electrons. The minimum atomic E-state index is 0.238. The van der Waals surface area contributed by atoms with Crippen molar-refractivity contribution in [3.8, 4) is 0 Å². The Balaban J connectivity index is 0.000000671. The van der Waals surface area contributed by atoms with Gasteiger partial charge in [0, 0.05) is 12.0 Å². The normalized spacial score (nSPS) is 12.5. The molecule has 0 radical (unpaired) electrons. The van der Waals surface area contributed by atoms with Crippen molar-refractivity contribution in [1.82, 2.24) is 0 Å². The SMILES string of the molecule is CC.CC.CCc1ccccc1C1=C(C)c2ccccc2CC1=O. The summed E-state index contributed by atoms with van der Waals surface area (Å²) >= 11 is 0. The number of hydrogen-bond acceptors (Lipinski definition) is 1. The van der Waals surface area contributed by atoms with E-state index in [2.05, 4.69) is 38.1 Å². The van der Waals surface area contributed by atoms with Crippen molar-refractivity contribution in [3.05, 3.63) is 70.8 Å². The molecule has 0 N–H and O–H groups in total. The van der Waals surface area contributed by atoms with E-state index in [9.17, 15) is 4.79 Å². The molecule has 0 bridgehead atoms. The van der Waals surface area contributed by atoms with Crippen LogP contribution in [0.15, 0.2) is 48.5 Å². The van der Waals surface area contributed by atoms with Gasteiger partial charge >= 0.3 is 0 Å². The van der Waals surface area contributed by atoms with Gasteiger partial charge in [-0.15, -0.1) is 0 Å². The van der Waals surface area contributed by atoms with Crippen molar-refractivity contribution in [3.63, 3.8) is 0 Å². The lowest BCUT2D eigenvalue weighted by Crippen LogP contribution is -2.15. The van der Waals surface area contributed by atoms with Gasteiger partial charge in [0.15, 0.2) is 5.78 Å². The van der Waals surface area contributed by atoms with Crippen molar-refractivity contribution in [2.75, 3.05) is 0 Å². The van der Waals surface area contributed by atoms with E-state index in [0.717, 1.165) is 28.7 Å². The van der Waals surface area contributed by atoms with Gasteiger partial charge in [-0.2, -0.15) is 0 Å². The van der Waals surface area contributed by atoms with Crippen LogP contribution in [0.2, 0.25) is 0 Å². The van der Waals surface area contributed by atoms with E-state index >= 15 is 0 Å². The van der Waals surface area contributed by atoms with E-state index < -0.39 is 0 Å². The lowest BCUT2D eigenvalue weighted by molar-refractivity contribution is -0.113. The molecule has 0 aliphatic heterocycles. The first-order valence-corrected chi connectivity index (χ1v) is 9.13. The van der Waals surface area contributed by atoms with E-state index in [-0.39, 0.29) is 5.78 Å². The predicted molar refractivity (Wildman–Crippen MR) is 106 cm³/mol. The Morgan fingerprint density at radius 3 is 2.00 bits per heavy atom. The number of aryl methyl sites for hydroxylation is 1. The molecule has 0 amide bonds. The van der Waals surface area contributed by atoms with Crippen LogP contribution < -0.4 is 0 Å². The Morgan fingerprint density at radius 2 is 1.38 bits per heavy atom. The number of carbonyl (C=O) groups excluding carboxylic acids is 1. The quantitative estimate of drug-likeness (QED) is 0.629. The maximum absolute atomic E-state index is 12.6. The van der Waals surface area contributed by atoms with Gasteiger partial charge in [-0.05, 0) is 41.2 Å². The summed E-state index contributed by atoms with van der Waals surface area (Å²) in [7, 11) is 0. The van der Waals surface area contributed by atoms with Crippen LogP contribution >= 0.6 is 0 Å². The summed E-state index contributed by atoms with van der Waals surface area (Å²) in [6.07, 6.45) is 1.46. The van der Waals surface area contributed by atoms with Crippen LogP contribution in [0.4, 0.5) is 0 Å². The first kappa shape index (κ1) is 19.9. The summed E-state index contributed by atoms with van der Waals surface area (Å²) < 4.78 is 0. The standard InChI is InChI=1S/C19H18O.2C2H6/c1-3-14-8-4-7-11-17(14)19-13(2)16-10-6-5-9-15(16)12-18(19)20;2*1-2/h4-11H,3,12H2,1-2H3;2*1-2H3. The fourth-order valence-electron chi connectivity index (χ4n) is 3.07. The second-order valence-electron chi connectivity index (χ2n) is 5.27. The Hall–Kier alpha value is -2.15. The highest BCUT2D eigenvalue weighted by atomic mass is 16.1. The smallest absolute Gasteiger partial charge is 0.168 e. The Bertz CT molecular complexity index is 707. The Labute approximate surface area is 147 Å². The molecule has 0 atom stereocenters. The van der Waals surface area contributed by atoms with Gasteiger partial charge in [-0.3, -0.25) is 4.79 Å². The maximum atomic E-state index is 12.6. The monoisotopic (exact) mass is 322 g/mol. The Kier molecular flexibility index (Phi) is 8.18. The fourth-order valence-corrected chi connectivity index (χ4v) is 3.07. The molecule has 0 saturated carbocycles. The third-order valence-corrected chi connectivity index (χ3v) is 4.09. The average Bonchev–Trinajstić information content (AvgIpc) is 2.65. The van der Waals surface area contributed by atoms with Crippen LogP contribution in [0.5, 0.6) is 0 Å². The molecule has 24 heavy (non-hydrogen) atoms. The van der Waals surface area contributed by atoms with Gasteiger partial charge in [0.25, 0.3) is 0 Å². The van der Waals surface area contributed by atoms with Gasteiger partial charge in [-0.25, -0.2) is 0 Å². The van der Waals surface area contributed by atoms with E-state index in [1.165, 1.54) is 11.1 Å². The van der Waals surface area contributed by atoms with Crippen LogP contribution in [-0.4, -0.2) is 5.78 Å². The highest BCUT2D eigenvalue weighted by Crippen LogP contribution is 2.35. The lowest BCUT2D eigenvalue weighted by Gasteiger charge is -2.22. The maximum Gasteiger partial charge on any atom is 0.168 e. The van der Waals surface area contributed by atoms with Crippen molar-refractivity contribution < 1.29 is 4.79 Å². The molecular weight excluding hydrogens is 292 g/mol. The molecule has 2 aromatic carbocycles. The highest BCUT2D eigenvalue weighted by molar-refractivity contribution is 6.30. The number of benzene rings is 2. The minimum Gasteiger partial charge on any atom is -0.294 e. The average molecular weight is 322 g/mol. The molecule has 0 aromatic heterocycles. The van der Waals surface area contributed by atoms with E-state index in [4.69, 9.17) is 0 Å². The summed E-state index contributed by atoms with van der Waals surface area (Å²) in [5.74, 6) is 0.238. The van der Waals surface area contributed by atoms with E-state index in [0.29, 0.717) is 6.42 Å². The molecule has 0 heterocycles. The molecule has 1 aliphatic carbocycles. The third kappa shape index (κ3) is 4.03. The first-order chi connectivity index (χ1) is 11.7. The number of carbonyl (C=O) groups is 1. The predicted octanol–water partition coefficient (Wildman–Crippen LogP) is 6.36. The van der Waals surface area contributed by atoms with Gasteiger partial charge in [0.1, 0.15) is 0 Å². The van der Waals surface area contributed by atoms with Crippen molar-refractivity contribution >= 4 is 16.9 Å². The van der Waals surface area contributed by atoms with Crippen molar-refractivity contribution in [2.24, 2.45) is 0 Å². The molecule has 0 spiro atoms. The van der Waals surface area contributed by atoms with Gasteiger partial charge in [0.05, 0.1) is 0 Å². The molecule has 0 fully saturated rings. The Morgan fingerprint density at radius 1 is 0.833 bits per heavy atom. The van der Waals surface area contributed by atoms with Crippen LogP contribution in [-0.2, 0) is 17.6 Å². The summed E-state index contributed by atoms with van der Waals surface area (Å²) in [5, 5.41) is 0. The molecular formula is C23H30O. The number of Topliss-reactive ketones (excluding diaryl/α,β-unsaturated/α-hetero) is 1.